The van der Waals surface area contributed by atoms with Crippen molar-refractivity contribution in [3.05, 3.63) is 36.5 Å². The van der Waals surface area contributed by atoms with E-state index in [1.54, 1.807) is 5.57 Å². The van der Waals surface area contributed by atoms with Crippen LogP contribution in [0.1, 0.15) is 33.1 Å². The summed E-state index contributed by atoms with van der Waals surface area (Å²) in [5, 5.41) is 0. The highest BCUT2D eigenvalue weighted by molar-refractivity contribution is 5.27. The minimum absolute atomic E-state index is 0.447. The Balaban J connectivity index is 2.27. The molecule has 0 heteroatoms. The number of allylic oxidation sites excluding steroid dienone is 5. The van der Waals surface area contributed by atoms with Gasteiger partial charge in [-0.3, -0.25) is 0 Å². The van der Waals surface area contributed by atoms with Gasteiger partial charge < -0.3 is 0 Å². The van der Waals surface area contributed by atoms with E-state index in [9.17, 15) is 0 Å². The van der Waals surface area contributed by atoms with Gasteiger partial charge in [-0.05, 0) is 43.4 Å². The SMILES string of the molecule is C=CC[C@@H]1C=C(C)[C@@]2(C)CC=CC[C@H]12. The van der Waals surface area contributed by atoms with Crippen molar-refractivity contribution in [3.8, 4) is 0 Å². The van der Waals surface area contributed by atoms with E-state index >= 15 is 0 Å². The zero-order chi connectivity index (χ0) is 10.2. The first-order valence-corrected chi connectivity index (χ1v) is 5.63. The van der Waals surface area contributed by atoms with Crippen LogP contribution in [0.15, 0.2) is 36.5 Å². The lowest BCUT2D eigenvalue weighted by molar-refractivity contribution is 0.207. The summed E-state index contributed by atoms with van der Waals surface area (Å²) in [5.74, 6) is 1.56. The van der Waals surface area contributed by atoms with Crippen molar-refractivity contribution in [2.24, 2.45) is 17.3 Å². The maximum atomic E-state index is 3.86. The Morgan fingerprint density at radius 3 is 3.07 bits per heavy atom. The molecule has 0 heterocycles. The summed E-state index contributed by atoms with van der Waals surface area (Å²) in [7, 11) is 0. The first-order chi connectivity index (χ1) is 6.68. The number of hydrogen-bond acceptors (Lipinski definition) is 0. The van der Waals surface area contributed by atoms with Gasteiger partial charge in [0.2, 0.25) is 0 Å². The molecule has 0 unspecified atom stereocenters. The molecule has 0 radical (unpaired) electrons. The van der Waals surface area contributed by atoms with E-state index in [0.29, 0.717) is 5.41 Å². The van der Waals surface area contributed by atoms with Crippen LogP contribution in [0.3, 0.4) is 0 Å². The summed E-state index contributed by atoms with van der Waals surface area (Å²) in [4.78, 5) is 0. The van der Waals surface area contributed by atoms with E-state index in [-0.39, 0.29) is 0 Å². The molecule has 0 fully saturated rings. The molecular weight excluding hydrogens is 168 g/mol. The fraction of sp³-hybridized carbons (Fsp3) is 0.571. The molecule has 2 aliphatic rings. The van der Waals surface area contributed by atoms with Crippen molar-refractivity contribution in [2.45, 2.75) is 33.1 Å². The Hall–Kier alpha value is -0.780. The Labute approximate surface area is 87.4 Å². The fourth-order valence-electron chi connectivity index (χ4n) is 3.14. The second-order valence-corrected chi connectivity index (χ2v) is 4.97. The molecule has 0 spiro atoms. The Kier molecular flexibility index (Phi) is 2.38. The number of hydrogen-bond donors (Lipinski definition) is 0. The summed E-state index contributed by atoms with van der Waals surface area (Å²) >= 11 is 0. The van der Waals surface area contributed by atoms with Crippen LogP contribution in [0.2, 0.25) is 0 Å². The quantitative estimate of drug-likeness (QED) is 0.572. The summed E-state index contributed by atoms with van der Waals surface area (Å²) in [5.41, 5.74) is 2.04. The fourth-order valence-corrected chi connectivity index (χ4v) is 3.14. The van der Waals surface area contributed by atoms with Gasteiger partial charge in [0.1, 0.15) is 0 Å². The van der Waals surface area contributed by atoms with E-state index in [2.05, 4.69) is 44.7 Å². The van der Waals surface area contributed by atoms with Crippen LogP contribution in [0, 0.1) is 17.3 Å². The van der Waals surface area contributed by atoms with E-state index in [0.717, 1.165) is 18.3 Å². The van der Waals surface area contributed by atoms with Crippen LogP contribution in [-0.4, -0.2) is 0 Å². The molecule has 3 atom stereocenters. The van der Waals surface area contributed by atoms with Crippen molar-refractivity contribution in [1.82, 2.24) is 0 Å². The summed E-state index contributed by atoms with van der Waals surface area (Å²) in [6, 6.07) is 0. The molecule has 0 aromatic heterocycles. The summed E-state index contributed by atoms with van der Waals surface area (Å²) < 4.78 is 0. The van der Waals surface area contributed by atoms with Gasteiger partial charge in [-0.25, -0.2) is 0 Å². The van der Waals surface area contributed by atoms with E-state index in [4.69, 9.17) is 0 Å². The molecule has 76 valence electrons. The van der Waals surface area contributed by atoms with Crippen molar-refractivity contribution in [1.29, 1.82) is 0 Å². The normalized spacial score (nSPS) is 40.6. The molecule has 0 N–H and O–H groups in total. The lowest BCUT2D eigenvalue weighted by Crippen LogP contribution is -2.29. The molecule has 14 heavy (non-hydrogen) atoms. The molecule has 0 nitrogen and oxygen atoms in total. The monoisotopic (exact) mass is 188 g/mol. The Bertz CT molecular complexity index is 295. The molecular formula is C14H20. The maximum Gasteiger partial charge on any atom is -0.00477 e. The molecule has 0 bridgehead atoms. The molecule has 0 aromatic carbocycles. The van der Waals surface area contributed by atoms with Gasteiger partial charge in [-0.15, -0.1) is 6.58 Å². The highest BCUT2D eigenvalue weighted by Crippen LogP contribution is 2.53. The average molecular weight is 188 g/mol. The molecule has 0 aliphatic heterocycles. The Morgan fingerprint density at radius 1 is 1.57 bits per heavy atom. The first kappa shape index (κ1) is 9.76. The topological polar surface area (TPSA) is 0 Å². The minimum atomic E-state index is 0.447. The predicted octanol–water partition coefficient (Wildman–Crippen LogP) is 4.11. The van der Waals surface area contributed by atoms with E-state index < -0.39 is 0 Å². The summed E-state index contributed by atoms with van der Waals surface area (Å²) in [6.45, 7) is 8.59. The van der Waals surface area contributed by atoms with Gasteiger partial charge in [-0.1, -0.05) is 36.8 Å². The molecule has 2 aliphatic carbocycles. The van der Waals surface area contributed by atoms with Crippen LogP contribution in [0.4, 0.5) is 0 Å². The third-order valence-corrected chi connectivity index (χ3v) is 4.24. The van der Waals surface area contributed by atoms with Crippen molar-refractivity contribution < 1.29 is 0 Å². The zero-order valence-electron chi connectivity index (χ0n) is 9.29. The molecule has 0 amide bonds. The lowest BCUT2D eigenvalue weighted by Gasteiger charge is -2.37. The van der Waals surface area contributed by atoms with E-state index in [1.807, 2.05) is 0 Å². The van der Waals surface area contributed by atoms with Crippen molar-refractivity contribution in [3.63, 3.8) is 0 Å². The van der Waals surface area contributed by atoms with Crippen LogP contribution < -0.4 is 0 Å². The van der Waals surface area contributed by atoms with Gasteiger partial charge >= 0.3 is 0 Å². The van der Waals surface area contributed by atoms with Gasteiger partial charge in [-0.2, -0.15) is 0 Å². The third kappa shape index (κ3) is 1.28. The molecule has 2 rings (SSSR count). The molecule has 0 aromatic rings. The molecule has 0 saturated carbocycles. The van der Waals surface area contributed by atoms with Crippen LogP contribution in [0.25, 0.3) is 0 Å². The lowest BCUT2D eigenvalue weighted by atomic mass is 9.67. The van der Waals surface area contributed by atoms with Crippen LogP contribution in [0.5, 0.6) is 0 Å². The van der Waals surface area contributed by atoms with Crippen LogP contribution in [-0.2, 0) is 0 Å². The molecule has 0 saturated heterocycles. The van der Waals surface area contributed by atoms with Gasteiger partial charge in [0, 0.05) is 0 Å². The standard InChI is InChI=1S/C14H20/c1-4-7-12-10-11(2)14(3)9-6-5-8-13(12)14/h4-6,10,12-13H,1,7-9H2,2-3H3/t12-,13-,14-/m1/s1. The van der Waals surface area contributed by atoms with Crippen molar-refractivity contribution in [2.75, 3.05) is 0 Å². The number of rotatable bonds is 2. The van der Waals surface area contributed by atoms with Crippen molar-refractivity contribution >= 4 is 0 Å². The Morgan fingerprint density at radius 2 is 2.36 bits per heavy atom. The minimum Gasteiger partial charge on any atom is -0.103 e. The van der Waals surface area contributed by atoms with Gasteiger partial charge in [0.15, 0.2) is 0 Å². The second kappa shape index (κ2) is 3.42. The maximum absolute atomic E-state index is 3.86. The first-order valence-electron chi connectivity index (χ1n) is 5.63. The predicted molar refractivity (Wildman–Crippen MR) is 62.0 cm³/mol. The van der Waals surface area contributed by atoms with Gasteiger partial charge in [0.05, 0.1) is 0 Å². The number of fused-ring (bicyclic) bond motifs is 1. The third-order valence-electron chi connectivity index (χ3n) is 4.24. The van der Waals surface area contributed by atoms with Gasteiger partial charge in [0.25, 0.3) is 0 Å². The smallest absolute Gasteiger partial charge is 0.00477 e. The van der Waals surface area contributed by atoms with Crippen LogP contribution >= 0.6 is 0 Å². The average Bonchev–Trinajstić information content (AvgIpc) is 2.41. The largest absolute Gasteiger partial charge is 0.103 e. The zero-order valence-corrected chi connectivity index (χ0v) is 9.29. The van der Waals surface area contributed by atoms with E-state index in [1.165, 1.54) is 12.8 Å². The summed E-state index contributed by atoms with van der Waals surface area (Å²) in [6.07, 6.45) is 12.9. The highest BCUT2D eigenvalue weighted by atomic mass is 14.5. The highest BCUT2D eigenvalue weighted by Gasteiger charge is 2.43. The second-order valence-electron chi connectivity index (χ2n) is 4.97.